The van der Waals surface area contributed by atoms with Crippen molar-refractivity contribution in [1.29, 1.82) is 0 Å². The van der Waals surface area contributed by atoms with Crippen LogP contribution in [-0.4, -0.2) is 46.5 Å². The zero-order chi connectivity index (χ0) is 18.5. The molecule has 2 N–H and O–H groups in total. The maximum absolute atomic E-state index is 12.3. The molecular formula is C19H31N5O2. The van der Waals surface area contributed by atoms with Gasteiger partial charge in [-0.15, -0.1) is 0 Å². The average molecular weight is 361 g/mol. The van der Waals surface area contributed by atoms with Crippen LogP contribution in [0, 0.1) is 5.92 Å². The minimum absolute atomic E-state index is 0.0275. The van der Waals surface area contributed by atoms with E-state index in [0.29, 0.717) is 6.42 Å². The maximum atomic E-state index is 12.3. The van der Waals surface area contributed by atoms with E-state index in [1.54, 1.807) is 0 Å². The van der Waals surface area contributed by atoms with Gasteiger partial charge in [0.25, 0.3) is 0 Å². The number of anilines is 1. The molecule has 3 rings (SSSR count). The predicted octanol–water partition coefficient (Wildman–Crippen LogP) is 1.59. The van der Waals surface area contributed by atoms with Gasteiger partial charge in [0, 0.05) is 57.0 Å². The molecule has 0 spiro atoms. The molecular weight excluding hydrogens is 330 g/mol. The van der Waals surface area contributed by atoms with Crippen molar-refractivity contribution in [3.63, 3.8) is 0 Å². The Morgan fingerprint density at radius 2 is 1.92 bits per heavy atom. The minimum atomic E-state index is -0.115. The molecule has 7 heteroatoms. The Morgan fingerprint density at radius 3 is 2.54 bits per heavy atom. The van der Waals surface area contributed by atoms with E-state index in [-0.39, 0.29) is 29.8 Å². The van der Waals surface area contributed by atoms with Crippen LogP contribution in [0.4, 0.5) is 5.95 Å². The smallest absolute Gasteiger partial charge is 0.223 e. The summed E-state index contributed by atoms with van der Waals surface area (Å²) in [5.74, 6) is 1.28. The van der Waals surface area contributed by atoms with Crippen LogP contribution in [0.5, 0.6) is 0 Å². The van der Waals surface area contributed by atoms with E-state index in [9.17, 15) is 9.59 Å². The third kappa shape index (κ3) is 4.77. The van der Waals surface area contributed by atoms with Crippen LogP contribution in [-0.2, 0) is 16.6 Å². The van der Waals surface area contributed by atoms with Crippen molar-refractivity contribution in [2.24, 2.45) is 13.0 Å². The molecule has 1 saturated heterocycles. The molecule has 2 heterocycles. The van der Waals surface area contributed by atoms with E-state index >= 15 is 0 Å². The summed E-state index contributed by atoms with van der Waals surface area (Å²) in [7, 11) is 2.00. The van der Waals surface area contributed by atoms with Crippen LogP contribution < -0.4 is 15.5 Å². The molecule has 1 aliphatic heterocycles. The van der Waals surface area contributed by atoms with Crippen LogP contribution in [0.1, 0.15) is 51.9 Å². The molecule has 1 aromatic heterocycles. The maximum Gasteiger partial charge on any atom is 0.223 e. The lowest BCUT2D eigenvalue weighted by molar-refractivity contribution is -0.126. The molecule has 1 aromatic rings. The summed E-state index contributed by atoms with van der Waals surface area (Å²) >= 11 is 0. The summed E-state index contributed by atoms with van der Waals surface area (Å²) in [5.41, 5.74) is 0. The highest BCUT2D eigenvalue weighted by molar-refractivity contribution is 5.81. The first-order chi connectivity index (χ1) is 12.5. The Balaban J connectivity index is 1.37. The first-order valence-electron chi connectivity index (χ1n) is 9.85. The van der Waals surface area contributed by atoms with Gasteiger partial charge in [0.05, 0.1) is 0 Å². The number of hydrogen-bond donors (Lipinski definition) is 2. The molecule has 0 bridgehead atoms. The van der Waals surface area contributed by atoms with Crippen molar-refractivity contribution >= 4 is 17.8 Å². The van der Waals surface area contributed by atoms with Crippen molar-refractivity contribution < 1.29 is 9.59 Å². The highest BCUT2D eigenvalue weighted by atomic mass is 16.2. The van der Waals surface area contributed by atoms with E-state index < -0.39 is 0 Å². The number of rotatable bonds is 6. The van der Waals surface area contributed by atoms with Gasteiger partial charge in [-0.05, 0) is 32.6 Å². The van der Waals surface area contributed by atoms with Gasteiger partial charge in [-0.1, -0.05) is 12.8 Å². The predicted molar refractivity (Wildman–Crippen MR) is 101 cm³/mol. The summed E-state index contributed by atoms with van der Waals surface area (Å²) in [6.45, 7) is 3.70. The second-order valence-corrected chi connectivity index (χ2v) is 7.76. The number of carbonyl (C=O) groups excluding carboxylic acids is 2. The molecule has 1 atom stereocenters. The number of aryl methyl sites for hydroxylation is 1. The standard InChI is InChI=1S/C19H31N5O2/c1-14(21-18(26)15-5-3-4-6-15)13-17(25)22-16-7-10-24(11-8-16)19-20-9-12-23(19)2/h9,12,14-16H,3-8,10-11,13H2,1-2H3,(H,21,26)(H,22,25). The number of aromatic nitrogens is 2. The Kier molecular flexibility index (Phi) is 6.16. The van der Waals surface area contributed by atoms with E-state index in [4.69, 9.17) is 0 Å². The number of hydrogen-bond acceptors (Lipinski definition) is 4. The van der Waals surface area contributed by atoms with Gasteiger partial charge in [0.2, 0.25) is 17.8 Å². The fourth-order valence-electron chi connectivity index (χ4n) is 4.05. The van der Waals surface area contributed by atoms with Crippen LogP contribution in [0.3, 0.4) is 0 Å². The second kappa shape index (κ2) is 8.56. The third-order valence-electron chi connectivity index (χ3n) is 5.54. The molecule has 1 saturated carbocycles. The molecule has 1 unspecified atom stereocenters. The normalized spacial score (nSPS) is 20.2. The van der Waals surface area contributed by atoms with E-state index in [0.717, 1.165) is 57.6 Å². The van der Waals surface area contributed by atoms with E-state index in [1.807, 2.05) is 30.9 Å². The Hall–Kier alpha value is -2.05. The lowest BCUT2D eigenvalue weighted by atomic mass is 10.0. The molecule has 26 heavy (non-hydrogen) atoms. The number of piperidine rings is 1. The molecule has 1 aliphatic carbocycles. The van der Waals surface area contributed by atoms with Crippen LogP contribution in [0.15, 0.2) is 12.4 Å². The van der Waals surface area contributed by atoms with Gasteiger partial charge in [-0.3, -0.25) is 9.59 Å². The minimum Gasteiger partial charge on any atom is -0.353 e. The molecule has 2 aliphatic rings. The van der Waals surface area contributed by atoms with Crippen LogP contribution >= 0.6 is 0 Å². The van der Waals surface area contributed by atoms with Gasteiger partial charge in [0.1, 0.15) is 0 Å². The molecule has 2 fully saturated rings. The molecule has 0 aromatic carbocycles. The van der Waals surface area contributed by atoms with Crippen LogP contribution in [0.2, 0.25) is 0 Å². The monoisotopic (exact) mass is 361 g/mol. The van der Waals surface area contributed by atoms with E-state index in [2.05, 4.69) is 20.5 Å². The summed E-state index contributed by atoms with van der Waals surface area (Å²) < 4.78 is 2.02. The largest absolute Gasteiger partial charge is 0.353 e. The average Bonchev–Trinajstić information content (AvgIpc) is 3.27. The van der Waals surface area contributed by atoms with E-state index in [1.165, 1.54) is 0 Å². The first kappa shape index (κ1) is 18.7. The Labute approximate surface area is 155 Å². The lowest BCUT2D eigenvalue weighted by Crippen LogP contribution is -2.47. The zero-order valence-electron chi connectivity index (χ0n) is 15.9. The molecule has 2 amide bonds. The fraction of sp³-hybridized carbons (Fsp3) is 0.737. The Bertz CT molecular complexity index is 615. The van der Waals surface area contributed by atoms with Crippen LogP contribution in [0.25, 0.3) is 0 Å². The first-order valence-corrected chi connectivity index (χ1v) is 9.85. The van der Waals surface area contributed by atoms with Gasteiger partial charge in [0.15, 0.2) is 0 Å². The number of nitrogens with zero attached hydrogens (tertiary/aromatic N) is 3. The second-order valence-electron chi connectivity index (χ2n) is 7.76. The van der Waals surface area contributed by atoms with Gasteiger partial charge < -0.3 is 20.1 Å². The van der Waals surface area contributed by atoms with Crippen molar-refractivity contribution in [3.05, 3.63) is 12.4 Å². The number of carbonyl (C=O) groups is 2. The highest BCUT2D eigenvalue weighted by Crippen LogP contribution is 2.24. The number of imidazole rings is 1. The van der Waals surface area contributed by atoms with Crippen molar-refractivity contribution in [3.8, 4) is 0 Å². The van der Waals surface area contributed by atoms with Crippen molar-refractivity contribution in [2.45, 2.75) is 64.0 Å². The zero-order valence-corrected chi connectivity index (χ0v) is 15.9. The molecule has 0 radical (unpaired) electrons. The summed E-state index contributed by atoms with van der Waals surface area (Å²) in [6, 6.07) is 0.0903. The number of nitrogens with one attached hydrogen (secondary N) is 2. The van der Waals surface area contributed by atoms with Crippen molar-refractivity contribution in [1.82, 2.24) is 20.2 Å². The SMILES string of the molecule is CC(CC(=O)NC1CCN(c2nccn2C)CC1)NC(=O)C1CCCC1. The summed E-state index contributed by atoms with van der Waals surface area (Å²) in [5, 5.41) is 6.13. The Morgan fingerprint density at radius 1 is 1.23 bits per heavy atom. The number of amides is 2. The fourth-order valence-corrected chi connectivity index (χ4v) is 4.05. The van der Waals surface area contributed by atoms with Gasteiger partial charge in [-0.25, -0.2) is 4.98 Å². The quantitative estimate of drug-likeness (QED) is 0.806. The third-order valence-corrected chi connectivity index (χ3v) is 5.54. The summed E-state index contributed by atoms with van der Waals surface area (Å²) in [6.07, 6.45) is 10.2. The van der Waals surface area contributed by atoms with Gasteiger partial charge >= 0.3 is 0 Å². The highest BCUT2D eigenvalue weighted by Gasteiger charge is 2.26. The van der Waals surface area contributed by atoms with Gasteiger partial charge in [-0.2, -0.15) is 0 Å². The topological polar surface area (TPSA) is 79.3 Å². The van der Waals surface area contributed by atoms with Crippen molar-refractivity contribution in [2.75, 3.05) is 18.0 Å². The molecule has 7 nitrogen and oxygen atoms in total. The summed E-state index contributed by atoms with van der Waals surface area (Å²) in [4.78, 5) is 31.1. The molecule has 144 valence electrons. The lowest BCUT2D eigenvalue weighted by Gasteiger charge is -2.33.